The van der Waals surface area contributed by atoms with Gasteiger partial charge in [0.2, 0.25) is 0 Å². The Hall–Kier alpha value is -1.83. The lowest BCUT2D eigenvalue weighted by atomic mass is 9.91. The first-order chi connectivity index (χ1) is 9.24. The van der Waals surface area contributed by atoms with Gasteiger partial charge in [-0.3, -0.25) is 4.79 Å². The number of carbonyl (C=O) groups excluding carboxylic acids is 1. The third-order valence-electron chi connectivity index (χ3n) is 3.97. The number of benzene rings is 2. The fraction of sp³-hybridized carbons (Fsp3) is 0.353. The first-order valence-electron chi connectivity index (χ1n) is 6.92. The lowest BCUT2D eigenvalue weighted by molar-refractivity contribution is -0.182. The van der Waals surface area contributed by atoms with Crippen molar-refractivity contribution in [2.45, 2.75) is 32.3 Å². The number of hydrogen-bond donors (Lipinski definition) is 0. The van der Waals surface area contributed by atoms with E-state index in [1.807, 2.05) is 6.92 Å². The van der Waals surface area contributed by atoms with Crippen LogP contribution in [0.25, 0.3) is 10.8 Å². The number of rotatable bonds is 4. The number of carbonyl (C=O) groups is 1. The van der Waals surface area contributed by atoms with Gasteiger partial charge in [-0.25, -0.2) is 0 Å². The quantitative estimate of drug-likeness (QED) is 0.777. The zero-order valence-corrected chi connectivity index (χ0v) is 11.1. The smallest absolute Gasteiger partial charge is 0.312 e. The summed E-state index contributed by atoms with van der Waals surface area (Å²) >= 11 is 0. The normalized spacial score (nSPS) is 22.1. The van der Waals surface area contributed by atoms with E-state index in [1.165, 1.54) is 16.3 Å². The summed E-state index contributed by atoms with van der Waals surface area (Å²) in [7, 11) is 0. The largest absolute Gasteiger partial charge is 0.461 e. The molecule has 2 unspecified atom stereocenters. The van der Waals surface area contributed by atoms with Crippen molar-refractivity contribution in [3.8, 4) is 0 Å². The highest BCUT2D eigenvalue weighted by molar-refractivity contribution is 5.83. The van der Waals surface area contributed by atoms with Gasteiger partial charge in [-0.15, -0.1) is 0 Å². The molecule has 1 saturated heterocycles. The van der Waals surface area contributed by atoms with E-state index in [9.17, 15) is 4.79 Å². The fourth-order valence-corrected chi connectivity index (χ4v) is 2.75. The average Bonchev–Trinajstić information content (AvgIpc) is 2.43. The molecular weight excluding hydrogens is 236 g/mol. The lowest BCUT2D eigenvalue weighted by Crippen LogP contribution is -2.42. The minimum atomic E-state index is -0.0222. The molecule has 1 aliphatic rings. The Morgan fingerprint density at radius 2 is 1.89 bits per heavy atom. The van der Waals surface area contributed by atoms with Gasteiger partial charge in [0.1, 0.15) is 6.10 Å². The molecule has 2 aromatic carbocycles. The van der Waals surface area contributed by atoms with Crippen LogP contribution in [0, 0.1) is 5.92 Å². The van der Waals surface area contributed by atoms with Crippen LogP contribution in [-0.2, 0) is 16.0 Å². The molecule has 98 valence electrons. The van der Waals surface area contributed by atoms with Crippen molar-refractivity contribution >= 4 is 16.7 Å². The standard InChI is InChI=1S/C17H18O2/c1-12-16(17(18)19-12)8-4-5-13-9-10-14-6-2-3-7-15(14)11-13/h2-3,6-7,9-12,16H,4-5,8H2,1H3. The van der Waals surface area contributed by atoms with E-state index in [0.29, 0.717) is 0 Å². The van der Waals surface area contributed by atoms with Crippen LogP contribution in [0.15, 0.2) is 42.5 Å². The molecule has 2 heteroatoms. The van der Waals surface area contributed by atoms with Crippen LogP contribution >= 0.6 is 0 Å². The molecule has 0 aliphatic carbocycles. The zero-order valence-electron chi connectivity index (χ0n) is 11.1. The lowest BCUT2D eigenvalue weighted by Gasteiger charge is -2.32. The molecular formula is C17H18O2. The van der Waals surface area contributed by atoms with Crippen LogP contribution in [0.2, 0.25) is 0 Å². The molecule has 0 saturated carbocycles. The monoisotopic (exact) mass is 254 g/mol. The highest BCUT2D eigenvalue weighted by Crippen LogP contribution is 2.27. The van der Waals surface area contributed by atoms with Gasteiger partial charge in [-0.1, -0.05) is 42.5 Å². The fourth-order valence-electron chi connectivity index (χ4n) is 2.75. The van der Waals surface area contributed by atoms with Gasteiger partial charge in [0.05, 0.1) is 5.92 Å². The maximum absolute atomic E-state index is 11.2. The van der Waals surface area contributed by atoms with Gasteiger partial charge in [-0.05, 0) is 42.5 Å². The summed E-state index contributed by atoms with van der Waals surface area (Å²) in [5, 5.41) is 2.57. The second-order valence-electron chi connectivity index (χ2n) is 5.32. The van der Waals surface area contributed by atoms with E-state index in [2.05, 4.69) is 42.5 Å². The van der Waals surface area contributed by atoms with Crippen molar-refractivity contribution in [1.29, 1.82) is 0 Å². The Kier molecular flexibility index (Phi) is 3.24. The Morgan fingerprint density at radius 3 is 2.63 bits per heavy atom. The molecule has 1 fully saturated rings. The first-order valence-corrected chi connectivity index (χ1v) is 6.92. The summed E-state index contributed by atoms with van der Waals surface area (Å²) in [6.45, 7) is 1.97. The Labute approximate surface area is 113 Å². The van der Waals surface area contributed by atoms with Crippen molar-refractivity contribution in [2.75, 3.05) is 0 Å². The maximum Gasteiger partial charge on any atom is 0.312 e. The minimum absolute atomic E-state index is 0.0222. The molecule has 1 heterocycles. The second kappa shape index (κ2) is 5.04. The third kappa shape index (κ3) is 2.48. The first kappa shape index (κ1) is 12.2. The average molecular weight is 254 g/mol. The number of hydrogen-bond acceptors (Lipinski definition) is 2. The van der Waals surface area contributed by atoms with E-state index < -0.39 is 0 Å². The molecule has 0 radical (unpaired) electrons. The van der Waals surface area contributed by atoms with E-state index >= 15 is 0 Å². The van der Waals surface area contributed by atoms with Crippen molar-refractivity contribution in [2.24, 2.45) is 5.92 Å². The van der Waals surface area contributed by atoms with Gasteiger partial charge in [0, 0.05) is 0 Å². The van der Waals surface area contributed by atoms with Gasteiger partial charge in [0.25, 0.3) is 0 Å². The van der Waals surface area contributed by atoms with E-state index in [0.717, 1.165) is 19.3 Å². The number of aryl methyl sites for hydroxylation is 1. The zero-order chi connectivity index (χ0) is 13.2. The number of esters is 1. The molecule has 0 spiro atoms. The van der Waals surface area contributed by atoms with Crippen molar-refractivity contribution in [3.05, 3.63) is 48.0 Å². The van der Waals surface area contributed by atoms with Gasteiger partial charge in [0.15, 0.2) is 0 Å². The summed E-state index contributed by atoms with van der Waals surface area (Å²) in [4.78, 5) is 11.2. The molecule has 0 amide bonds. The molecule has 2 nitrogen and oxygen atoms in total. The molecule has 0 N–H and O–H groups in total. The Bertz CT molecular complexity index is 603. The van der Waals surface area contributed by atoms with Crippen molar-refractivity contribution < 1.29 is 9.53 Å². The molecule has 19 heavy (non-hydrogen) atoms. The number of fused-ring (bicyclic) bond motifs is 1. The van der Waals surface area contributed by atoms with Crippen LogP contribution < -0.4 is 0 Å². The molecule has 3 rings (SSSR count). The topological polar surface area (TPSA) is 26.3 Å². The number of ether oxygens (including phenoxy) is 1. The maximum atomic E-state index is 11.2. The summed E-state index contributed by atoms with van der Waals surface area (Å²) in [5.74, 6) is 0.103. The molecule has 2 aromatic rings. The van der Waals surface area contributed by atoms with Crippen LogP contribution in [0.3, 0.4) is 0 Å². The van der Waals surface area contributed by atoms with E-state index in [-0.39, 0.29) is 18.0 Å². The molecule has 2 atom stereocenters. The highest BCUT2D eigenvalue weighted by atomic mass is 16.6. The van der Waals surface area contributed by atoms with Gasteiger partial charge < -0.3 is 4.74 Å². The summed E-state index contributed by atoms with van der Waals surface area (Å²) in [6.07, 6.45) is 3.13. The third-order valence-corrected chi connectivity index (χ3v) is 3.97. The van der Waals surface area contributed by atoms with Crippen LogP contribution in [-0.4, -0.2) is 12.1 Å². The summed E-state index contributed by atoms with van der Waals surface area (Å²) in [6, 6.07) is 15.0. The Morgan fingerprint density at radius 1 is 1.11 bits per heavy atom. The van der Waals surface area contributed by atoms with Crippen molar-refractivity contribution in [1.82, 2.24) is 0 Å². The SMILES string of the molecule is CC1OC(=O)C1CCCc1ccc2ccccc2c1. The van der Waals surface area contributed by atoms with Crippen molar-refractivity contribution in [3.63, 3.8) is 0 Å². The molecule has 0 bridgehead atoms. The predicted octanol–water partition coefficient (Wildman–Crippen LogP) is 3.72. The van der Waals surface area contributed by atoms with Gasteiger partial charge >= 0.3 is 5.97 Å². The van der Waals surface area contributed by atoms with E-state index in [1.54, 1.807) is 0 Å². The highest BCUT2D eigenvalue weighted by Gasteiger charge is 2.37. The second-order valence-corrected chi connectivity index (χ2v) is 5.32. The summed E-state index contributed by atoms with van der Waals surface area (Å²) < 4.78 is 4.97. The van der Waals surface area contributed by atoms with Crippen LogP contribution in [0.4, 0.5) is 0 Å². The minimum Gasteiger partial charge on any atom is -0.461 e. The summed E-state index contributed by atoms with van der Waals surface area (Å²) in [5.41, 5.74) is 1.35. The van der Waals surface area contributed by atoms with E-state index in [4.69, 9.17) is 4.74 Å². The number of cyclic esters (lactones) is 1. The van der Waals surface area contributed by atoms with Gasteiger partial charge in [-0.2, -0.15) is 0 Å². The van der Waals surface area contributed by atoms with Crippen LogP contribution in [0.1, 0.15) is 25.3 Å². The Balaban J connectivity index is 1.61. The molecule has 1 aliphatic heterocycles. The predicted molar refractivity (Wildman–Crippen MR) is 75.9 cm³/mol. The van der Waals surface area contributed by atoms with Crippen LogP contribution in [0.5, 0.6) is 0 Å². The molecule has 0 aromatic heterocycles.